The first-order valence-electron chi connectivity index (χ1n) is 4.76. The molecule has 1 saturated carbocycles. The first-order chi connectivity index (χ1) is 6.44. The first kappa shape index (κ1) is 11.2. The summed E-state index contributed by atoms with van der Waals surface area (Å²) in [6, 6.07) is 0. The number of carboxylic acids is 1. The smallest absolute Gasteiger partial charge is 0.328 e. The predicted octanol–water partition coefficient (Wildman–Crippen LogP) is 0.539. The van der Waals surface area contributed by atoms with Crippen molar-refractivity contribution in [2.45, 2.75) is 37.9 Å². The zero-order valence-corrected chi connectivity index (χ0v) is 8.18. The van der Waals surface area contributed by atoms with E-state index < -0.39 is 11.6 Å². The van der Waals surface area contributed by atoms with Gasteiger partial charge in [0.2, 0.25) is 0 Å². The van der Waals surface area contributed by atoms with E-state index in [1.807, 2.05) is 6.92 Å². The summed E-state index contributed by atoms with van der Waals surface area (Å²) < 4.78 is 0. The summed E-state index contributed by atoms with van der Waals surface area (Å²) in [6.07, 6.45) is 3.37. The van der Waals surface area contributed by atoms with Crippen molar-refractivity contribution < 1.29 is 20.1 Å². The van der Waals surface area contributed by atoms with Crippen molar-refractivity contribution in [2.75, 3.05) is 0 Å². The van der Waals surface area contributed by atoms with Crippen LogP contribution in [0.1, 0.15) is 26.2 Å². The van der Waals surface area contributed by atoms with Crippen LogP contribution in [0.15, 0.2) is 12.2 Å². The summed E-state index contributed by atoms with van der Waals surface area (Å²) in [5, 5.41) is 27.8. The average Bonchev–Trinajstić information content (AvgIpc) is 2.09. The summed E-state index contributed by atoms with van der Waals surface area (Å²) in [5.74, 6) is -1.17. The van der Waals surface area contributed by atoms with Crippen molar-refractivity contribution in [2.24, 2.45) is 5.92 Å². The molecule has 1 rings (SSSR count). The molecule has 1 fully saturated rings. The normalized spacial score (nSPS) is 38.8. The molecule has 4 nitrogen and oxygen atoms in total. The number of carbonyl (C=O) groups is 1. The summed E-state index contributed by atoms with van der Waals surface area (Å²) in [7, 11) is 0. The van der Waals surface area contributed by atoms with Gasteiger partial charge in [-0.1, -0.05) is 6.92 Å². The minimum Gasteiger partial charge on any atom is -0.478 e. The molecule has 3 N–H and O–H groups in total. The molecular weight excluding hydrogens is 184 g/mol. The molecule has 80 valence electrons. The molecule has 0 aromatic heterocycles. The molecule has 0 aliphatic heterocycles. The lowest BCUT2D eigenvalue weighted by Crippen LogP contribution is -2.41. The van der Waals surface area contributed by atoms with Gasteiger partial charge in [0.25, 0.3) is 0 Å². The molecule has 0 radical (unpaired) electrons. The standard InChI is InChI=1S/C10H16O4/c1-7-6-8(11)2-4-10(7,14)5-3-9(12)13/h3,5,7-8,11,14H,2,4,6H2,1H3,(H,12,13). The molecule has 3 atom stereocenters. The van der Waals surface area contributed by atoms with E-state index in [0.29, 0.717) is 19.3 Å². The Labute approximate surface area is 82.9 Å². The minimum atomic E-state index is -1.07. The fourth-order valence-corrected chi connectivity index (χ4v) is 1.84. The number of aliphatic hydroxyl groups excluding tert-OH is 1. The van der Waals surface area contributed by atoms with Crippen LogP contribution in [-0.4, -0.2) is 33.0 Å². The first-order valence-corrected chi connectivity index (χ1v) is 4.76. The van der Waals surface area contributed by atoms with Crippen LogP contribution >= 0.6 is 0 Å². The number of aliphatic hydroxyl groups is 2. The van der Waals surface area contributed by atoms with Gasteiger partial charge in [-0.2, -0.15) is 0 Å². The third-order valence-corrected chi connectivity index (χ3v) is 2.87. The lowest BCUT2D eigenvalue weighted by Gasteiger charge is -2.37. The van der Waals surface area contributed by atoms with Crippen molar-refractivity contribution in [1.29, 1.82) is 0 Å². The maximum Gasteiger partial charge on any atom is 0.328 e. The van der Waals surface area contributed by atoms with Gasteiger partial charge in [-0.15, -0.1) is 0 Å². The molecule has 0 spiro atoms. The van der Waals surface area contributed by atoms with Gasteiger partial charge < -0.3 is 15.3 Å². The molecule has 1 aliphatic rings. The second-order valence-corrected chi connectivity index (χ2v) is 3.99. The molecule has 1 aliphatic carbocycles. The van der Waals surface area contributed by atoms with Crippen molar-refractivity contribution in [3.8, 4) is 0 Å². The highest BCUT2D eigenvalue weighted by atomic mass is 16.4. The molecule has 0 aromatic rings. The fourth-order valence-electron chi connectivity index (χ4n) is 1.84. The Morgan fingerprint density at radius 3 is 2.71 bits per heavy atom. The highest BCUT2D eigenvalue weighted by molar-refractivity contribution is 5.79. The zero-order chi connectivity index (χ0) is 10.8. The van der Waals surface area contributed by atoms with Crippen molar-refractivity contribution >= 4 is 5.97 Å². The molecule has 3 unspecified atom stereocenters. The van der Waals surface area contributed by atoms with Gasteiger partial charge in [0.15, 0.2) is 0 Å². The Kier molecular flexibility index (Phi) is 3.29. The minimum absolute atomic E-state index is 0.109. The van der Waals surface area contributed by atoms with Crippen molar-refractivity contribution in [1.82, 2.24) is 0 Å². The van der Waals surface area contributed by atoms with E-state index in [2.05, 4.69) is 0 Å². The molecular formula is C10H16O4. The van der Waals surface area contributed by atoms with E-state index in [-0.39, 0.29) is 12.0 Å². The number of rotatable bonds is 2. The van der Waals surface area contributed by atoms with E-state index in [1.165, 1.54) is 6.08 Å². The summed E-state index contributed by atoms with van der Waals surface area (Å²) in [4.78, 5) is 10.3. The Morgan fingerprint density at radius 1 is 1.57 bits per heavy atom. The molecule has 0 heterocycles. The highest BCUT2D eigenvalue weighted by Crippen LogP contribution is 2.34. The third-order valence-electron chi connectivity index (χ3n) is 2.87. The van der Waals surface area contributed by atoms with Crippen molar-refractivity contribution in [3.63, 3.8) is 0 Å². The lowest BCUT2D eigenvalue weighted by atomic mass is 9.75. The van der Waals surface area contributed by atoms with E-state index in [1.54, 1.807) is 0 Å². The Morgan fingerprint density at radius 2 is 2.21 bits per heavy atom. The SMILES string of the molecule is CC1CC(O)CCC1(O)C=CC(=O)O. The number of aliphatic carboxylic acids is 1. The van der Waals surface area contributed by atoms with Crippen molar-refractivity contribution in [3.05, 3.63) is 12.2 Å². The Balaban J connectivity index is 2.68. The number of hydrogen-bond donors (Lipinski definition) is 3. The molecule has 0 saturated heterocycles. The van der Waals surface area contributed by atoms with Gasteiger partial charge in [-0.3, -0.25) is 0 Å². The monoisotopic (exact) mass is 200 g/mol. The largest absolute Gasteiger partial charge is 0.478 e. The summed E-state index contributed by atoms with van der Waals surface area (Å²) in [6.45, 7) is 1.81. The van der Waals surface area contributed by atoms with E-state index in [4.69, 9.17) is 5.11 Å². The molecule has 4 heteroatoms. The Bertz CT molecular complexity index is 249. The van der Waals surface area contributed by atoms with Crippen LogP contribution in [-0.2, 0) is 4.79 Å². The van der Waals surface area contributed by atoms with Gasteiger partial charge >= 0.3 is 5.97 Å². The summed E-state index contributed by atoms with van der Waals surface area (Å²) >= 11 is 0. The predicted molar refractivity (Wildman–Crippen MR) is 50.7 cm³/mol. The van der Waals surface area contributed by atoms with Crippen LogP contribution in [0.4, 0.5) is 0 Å². The second kappa shape index (κ2) is 4.11. The molecule has 0 bridgehead atoms. The van der Waals surface area contributed by atoms with Gasteiger partial charge in [0.1, 0.15) is 0 Å². The van der Waals surface area contributed by atoms with Crippen LogP contribution in [0.3, 0.4) is 0 Å². The van der Waals surface area contributed by atoms with Crippen LogP contribution < -0.4 is 0 Å². The average molecular weight is 200 g/mol. The van der Waals surface area contributed by atoms with Gasteiger partial charge in [0, 0.05) is 6.08 Å². The van der Waals surface area contributed by atoms with Crippen LogP contribution in [0.5, 0.6) is 0 Å². The fraction of sp³-hybridized carbons (Fsp3) is 0.700. The van der Waals surface area contributed by atoms with Crippen LogP contribution in [0, 0.1) is 5.92 Å². The molecule has 0 amide bonds. The zero-order valence-electron chi connectivity index (χ0n) is 8.18. The van der Waals surface area contributed by atoms with Crippen LogP contribution in [0.2, 0.25) is 0 Å². The number of hydrogen-bond acceptors (Lipinski definition) is 3. The van der Waals surface area contributed by atoms with Crippen LogP contribution in [0.25, 0.3) is 0 Å². The van der Waals surface area contributed by atoms with E-state index in [9.17, 15) is 15.0 Å². The molecule has 0 aromatic carbocycles. The van der Waals surface area contributed by atoms with Gasteiger partial charge in [-0.25, -0.2) is 4.79 Å². The van der Waals surface area contributed by atoms with Gasteiger partial charge in [-0.05, 0) is 31.3 Å². The highest BCUT2D eigenvalue weighted by Gasteiger charge is 2.36. The van der Waals surface area contributed by atoms with Gasteiger partial charge in [0.05, 0.1) is 11.7 Å². The third kappa shape index (κ3) is 2.56. The van der Waals surface area contributed by atoms with E-state index >= 15 is 0 Å². The Hall–Kier alpha value is -0.870. The maximum atomic E-state index is 10.3. The molecule has 14 heavy (non-hydrogen) atoms. The quantitative estimate of drug-likeness (QED) is 0.568. The topological polar surface area (TPSA) is 77.8 Å². The van der Waals surface area contributed by atoms with E-state index in [0.717, 1.165) is 6.08 Å². The lowest BCUT2D eigenvalue weighted by molar-refractivity contribution is -0.131. The summed E-state index contributed by atoms with van der Waals surface area (Å²) in [5.41, 5.74) is -1.07. The number of carboxylic acid groups (broad SMARTS) is 1. The second-order valence-electron chi connectivity index (χ2n) is 3.99. The maximum absolute atomic E-state index is 10.3.